The molecular formula is C16H12BrN5O2. The molecule has 7 nitrogen and oxygen atoms in total. The standard InChI is InChI=1S/C16H12BrN5O2/c17-13-5-11(6-19-7-13)16(23)22-8-12(9-22)15-20-14(21-24-15)10-1-3-18-4-2-10/h1-7,12H,8-9H2. The van der Waals surface area contributed by atoms with Gasteiger partial charge in [-0.1, -0.05) is 5.16 Å². The van der Waals surface area contributed by atoms with Gasteiger partial charge in [-0.05, 0) is 34.1 Å². The van der Waals surface area contributed by atoms with Gasteiger partial charge < -0.3 is 9.42 Å². The molecular weight excluding hydrogens is 374 g/mol. The summed E-state index contributed by atoms with van der Waals surface area (Å²) in [6, 6.07) is 5.41. The van der Waals surface area contributed by atoms with E-state index in [-0.39, 0.29) is 11.8 Å². The summed E-state index contributed by atoms with van der Waals surface area (Å²) < 4.78 is 6.12. The minimum atomic E-state index is -0.0473. The normalized spacial score (nSPS) is 14.5. The van der Waals surface area contributed by atoms with E-state index in [0.29, 0.717) is 30.4 Å². The summed E-state index contributed by atoms with van der Waals surface area (Å²) in [5.74, 6) is 1.11. The topological polar surface area (TPSA) is 85.0 Å². The Balaban J connectivity index is 1.43. The highest BCUT2D eigenvalue weighted by atomic mass is 79.9. The smallest absolute Gasteiger partial charge is 0.255 e. The maximum absolute atomic E-state index is 12.4. The van der Waals surface area contributed by atoms with Crippen LogP contribution < -0.4 is 0 Å². The summed E-state index contributed by atoms with van der Waals surface area (Å²) in [6.45, 7) is 1.12. The SMILES string of the molecule is O=C(c1cncc(Br)c1)N1CC(c2nc(-c3ccncc3)no2)C1. The van der Waals surface area contributed by atoms with Crippen molar-refractivity contribution >= 4 is 21.8 Å². The van der Waals surface area contributed by atoms with Crippen LogP contribution in [0.1, 0.15) is 22.2 Å². The van der Waals surface area contributed by atoms with Crippen molar-refractivity contribution in [1.29, 1.82) is 0 Å². The Hall–Kier alpha value is -2.61. The molecule has 0 unspecified atom stereocenters. The molecule has 0 spiro atoms. The largest absolute Gasteiger partial charge is 0.339 e. The van der Waals surface area contributed by atoms with Crippen LogP contribution in [0.5, 0.6) is 0 Å². The average Bonchev–Trinajstić information content (AvgIpc) is 3.04. The van der Waals surface area contributed by atoms with Crippen LogP contribution in [0.25, 0.3) is 11.4 Å². The van der Waals surface area contributed by atoms with Crippen molar-refractivity contribution in [2.24, 2.45) is 0 Å². The predicted molar refractivity (Wildman–Crippen MR) is 88.1 cm³/mol. The fourth-order valence-electron chi connectivity index (χ4n) is 2.53. The van der Waals surface area contributed by atoms with Crippen molar-refractivity contribution in [2.45, 2.75) is 5.92 Å². The third kappa shape index (κ3) is 2.80. The molecule has 0 N–H and O–H groups in total. The molecule has 1 saturated heterocycles. The van der Waals surface area contributed by atoms with E-state index in [0.717, 1.165) is 10.0 Å². The molecule has 0 aromatic carbocycles. The van der Waals surface area contributed by atoms with Crippen LogP contribution in [-0.2, 0) is 0 Å². The van der Waals surface area contributed by atoms with Crippen LogP contribution in [0.4, 0.5) is 0 Å². The molecule has 24 heavy (non-hydrogen) atoms. The fourth-order valence-corrected chi connectivity index (χ4v) is 2.90. The van der Waals surface area contributed by atoms with Gasteiger partial charge in [0.05, 0.1) is 11.5 Å². The first kappa shape index (κ1) is 14.9. The van der Waals surface area contributed by atoms with Crippen LogP contribution in [-0.4, -0.2) is 44.0 Å². The van der Waals surface area contributed by atoms with Crippen LogP contribution in [0, 0.1) is 0 Å². The van der Waals surface area contributed by atoms with E-state index in [1.807, 2.05) is 12.1 Å². The molecule has 0 saturated carbocycles. The molecule has 120 valence electrons. The Morgan fingerprint density at radius 1 is 1.21 bits per heavy atom. The van der Waals surface area contributed by atoms with E-state index in [9.17, 15) is 4.79 Å². The second-order valence-corrected chi connectivity index (χ2v) is 6.41. The van der Waals surface area contributed by atoms with Gasteiger partial charge in [-0.25, -0.2) is 0 Å². The number of carbonyl (C=O) groups is 1. The molecule has 1 fully saturated rings. The molecule has 1 aliphatic heterocycles. The molecule has 4 rings (SSSR count). The van der Waals surface area contributed by atoms with Crippen molar-refractivity contribution in [3.63, 3.8) is 0 Å². The quantitative estimate of drug-likeness (QED) is 0.688. The van der Waals surface area contributed by atoms with E-state index < -0.39 is 0 Å². The number of hydrogen-bond donors (Lipinski definition) is 0. The molecule has 0 bridgehead atoms. The summed E-state index contributed by atoms with van der Waals surface area (Å²) in [7, 11) is 0. The maximum Gasteiger partial charge on any atom is 0.255 e. The molecule has 8 heteroatoms. The van der Waals surface area contributed by atoms with Gasteiger partial charge in [-0.3, -0.25) is 14.8 Å². The Morgan fingerprint density at radius 3 is 2.75 bits per heavy atom. The van der Waals surface area contributed by atoms with E-state index in [1.165, 1.54) is 0 Å². The zero-order chi connectivity index (χ0) is 16.5. The number of pyridine rings is 2. The summed E-state index contributed by atoms with van der Waals surface area (Å²) in [6.07, 6.45) is 6.58. The van der Waals surface area contributed by atoms with Gasteiger partial charge >= 0.3 is 0 Å². The van der Waals surface area contributed by atoms with Gasteiger partial charge in [0.15, 0.2) is 0 Å². The molecule has 3 aromatic heterocycles. The van der Waals surface area contributed by atoms with Gasteiger partial charge in [0.25, 0.3) is 5.91 Å². The highest BCUT2D eigenvalue weighted by Crippen LogP contribution is 2.28. The summed E-state index contributed by atoms with van der Waals surface area (Å²) in [4.78, 5) is 26.5. The maximum atomic E-state index is 12.4. The first-order chi connectivity index (χ1) is 11.7. The van der Waals surface area contributed by atoms with Gasteiger partial charge in [-0.15, -0.1) is 0 Å². The number of halogens is 1. The second kappa shape index (κ2) is 6.12. The number of carbonyl (C=O) groups excluding carboxylic acids is 1. The lowest BCUT2D eigenvalue weighted by Gasteiger charge is -2.37. The number of nitrogens with zero attached hydrogens (tertiary/aromatic N) is 5. The Morgan fingerprint density at radius 2 is 2.00 bits per heavy atom. The highest BCUT2D eigenvalue weighted by molar-refractivity contribution is 9.10. The second-order valence-electron chi connectivity index (χ2n) is 5.49. The van der Waals surface area contributed by atoms with E-state index in [2.05, 4.69) is 36.0 Å². The highest BCUT2D eigenvalue weighted by Gasteiger charge is 2.36. The zero-order valence-electron chi connectivity index (χ0n) is 12.5. The number of aromatic nitrogens is 4. The van der Waals surface area contributed by atoms with Crippen LogP contribution in [0.2, 0.25) is 0 Å². The van der Waals surface area contributed by atoms with Gasteiger partial charge in [0.1, 0.15) is 0 Å². The van der Waals surface area contributed by atoms with E-state index in [4.69, 9.17) is 4.52 Å². The van der Waals surface area contributed by atoms with Crippen LogP contribution in [0.15, 0.2) is 52.0 Å². The molecule has 1 aliphatic rings. The lowest BCUT2D eigenvalue weighted by Crippen LogP contribution is -2.48. The third-order valence-electron chi connectivity index (χ3n) is 3.85. The van der Waals surface area contributed by atoms with E-state index >= 15 is 0 Å². The lowest BCUT2D eigenvalue weighted by molar-refractivity contribution is 0.0568. The lowest BCUT2D eigenvalue weighted by atomic mass is 9.99. The Kier molecular flexibility index (Phi) is 3.81. The number of hydrogen-bond acceptors (Lipinski definition) is 6. The Labute approximate surface area is 145 Å². The molecule has 0 radical (unpaired) electrons. The van der Waals surface area contributed by atoms with Crippen LogP contribution in [0.3, 0.4) is 0 Å². The summed E-state index contributed by atoms with van der Waals surface area (Å²) >= 11 is 3.32. The first-order valence-electron chi connectivity index (χ1n) is 7.34. The van der Waals surface area contributed by atoms with Crippen molar-refractivity contribution in [1.82, 2.24) is 25.0 Å². The van der Waals surface area contributed by atoms with Gasteiger partial charge in [-0.2, -0.15) is 4.98 Å². The van der Waals surface area contributed by atoms with Crippen molar-refractivity contribution in [3.8, 4) is 11.4 Å². The van der Waals surface area contributed by atoms with Crippen LogP contribution >= 0.6 is 15.9 Å². The predicted octanol–water partition coefficient (Wildman–Crippen LogP) is 2.53. The average molecular weight is 386 g/mol. The molecule has 1 amide bonds. The number of rotatable bonds is 3. The molecule has 0 aliphatic carbocycles. The van der Waals surface area contributed by atoms with E-state index in [1.54, 1.807) is 35.8 Å². The minimum absolute atomic E-state index is 0.0473. The number of likely N-dealkylation sites (tertiary alicyclic amines) is 1. The first-order valence-corrected chi connectivity index (χ1v) is 8.14. The summed E-state index contributed by atoms with van der Waals surface area (Å²) in [5.41, 5.74) is 1.42. The molecule has 0 atom stereocenters. The fraction of sp³-hybridized carbons (Fsp3) is 0.188. The van der Waals surface area contributed by atoms with Gasteiger partial charge in [0, 0.05) is 47.9 Å². The molecule has 4 heterocycles. The number of amides is 1. The minimum Gasteiger partial charge on any atom is -0.339 e. The third-order valence-corrected chi connectivity index (χ3v) is 4.28. The van der Waals surface area contributed by atoms with Gasteiger partial charge in [0.2, 0.25) is 11.7 Å². The van der Waals surface area contributed by atoms with Crippen molar-refractivity contribution in [2.75, 3.05) is 13.1 Å². The van der Waals surface area contributed by atoms with Crippen molar-refractivity contribution < 1.29 is 9.32 Å². The summed E-state index contributed by atoms with van der Waals surface area (Å²) in [5, 5.41) is 4.00. The molecule has 3 aromatic rings. The zero-order valence-corrected chi connectivity index (χ0v) is 14.0. The van der Waals surface area contributed by atoms with Crippen molar-refractivity contribution in [3.05, 3.63) is 58.9 Å². The Bertz CT molecular complexity index is 877. The monoisotopic (exact) mass is 385 g/mol.